The first-order chi connectivity index (χ1) is 2.91. The van der Waals surface area contributed by atoms with Crippen LogP contribution < -0.4 is 0 Å². The number of hydrogen-bond acceptors (Lipinski definition) is 2. The van der Waals surface area contributed by atoms with Gasteiger partial charge in [-0.1, -0.05) is 6.58 Å². The van der Waals surface area contributed by atoms with Crippen LogP contribution in [0.3, 0.4) is 0 Å². The highest BCUT2D eigenvalue weighted by molar-refractivity contribution is 8.02. The summed E-state index contributed by atoms with van der Waals surface area (Å²) in [5.41, 5.74) is 0. The lowest BCUT2D eigenvalue weighted by molar-refractivity contribution is -0.105. The number of aldehydes is 1. The number of carbonyl (C=O) groups excluding carboxylic acids is 1. The molecule has 0 aliphatic heterocycles. The fourth-order valence-electron chi connectivity index (χ4n) is 0.107. The Balaban J connectivity index is 2.66. The molecule has 0 saturated heterocycles. The molecule has 0 rings (SSSR count). The molecule has 0 aliphatic carbocycles. The van der Waals surface area contributed by atoms with Gasteiger partial charge in [-0.3, -0.25) is 0 Å². The van der Waals surface area contributed by atoms with Crippen LogP contribution in [0.1, 0.15) is 0 Å². The fraction of sp³-hybridized carbons (Fsp3) is 0.250. The summed E-state index contributed by atoms with van der Waals surface area (Å²) in [5, 5.41) is 1.65. The van der Waals surface area contributed by atoms with Gasteiger partial charge in [0.1, 0.15) is 6.29 Å². The standard InChI is InChI=1S/C4H6OS/c1-2-6-4-3-5/h2-3H,1,4H2. The molecule has 34 valence electrons. The lowest BCUT2D eigenvalue weighted by atomic mass is 10.9. The maximum Gasteiger partial charge on any atom is 0.130 e. The van der Waals surface area contributed by atoms with E-state index in [0.29, 0.717) is 5.75 Å². The molecule has 0 fully saturated rings. The Morgan fingerprint density at radius 2 is 2.50 bits per heavy atom. The maximum atomic E-state index is 9.50. The molecule has 0 aromatic heterocycles. The summed E-state index contributed by atoms with van der Waals surface area (Å²) in [4.78, 5) is 9.50. The highest BCUT2D eigenvalue weighted by Gasteiger charge is 1.70. The Hall–Kier alpha value is -0.240. The summed E-state index contributed by atoms with van der Waals surface area (Å²) >= 11 is 1.40. The highest BCUT2D eigenvalue weighted by atomic mass is 32.2. The lowest BCUT2D eigenvalue weighted by Crippen LogP contribution is -1.70. The predicted octanol–water partition coefficient (Wildman–Crippen LogP) is 1.06. The Labute approximate surface area is 41.4 Å². The molecule has 0 aromatic carbocycles. The van der Waals surface area contributed by atoms with Gasteiger partial charge >= 0.3 is 0 Å². The molecule has 0 aliphatic rings. The zero-order valence-corrected chi connectivity index (χ0v) is 4.20. The molecular formula is C4H6OS. The van der Waals surface area contributed by atoms with E-state index in [1.165, 1.54) is 11.8 Å². The molecule has 0 spiro atoms. The second-order valence-electron chi connectivity index (χ2n) is 0.667. The normalized spacial score (nSPS) is 7.33. The topological polar surface area (TPSA) is 17.1 Å². The zero-order valence-electron chi connectivity index (χ0n) is 3.39. The molecule has 0 unspecified atom stereocenters. The molecular weight excluding hydrogens is 96.1 g/mol. The average Bonchev–Trinajstić information content (AvgIpc) is 1.61. The number of carbonyl (C=O) groups is 1. The maximum absolute atomic E-state index is 9.50. The Morgan fingerprint density at radius 1 is 1.83 bits per heavy atom. The monoisotopic (exact) mass is 102 g/mol. The van der Waals surface area contributed by atoms with Gasteiger partial charge in [-0.25, -0.2) is 0 Å². The molecule has 6 heavy (non-hydrogen) atoms. The van der Waals surface area contributed by atoms with Gasteiger partial charge in [-0.05, 0) is 5.41 Å². The first kappa shape index (κ1) is 5.76. The van der Waals surface area contributed by atoms with E-state index in [9.17, 15) is 4.79 Å². The van der Waals surface area contributed by atoms with Crippen molar-refractivity contribution in [2.75, 3.05) is 5.75 Å². The van der Waals surface area contributed by atoms with Crippen molar-refractivity contribution in [3.8, 4) is 0 Å². The van der Waals surface area contributed by atoms with Crippen molar-refractivity contribution in [2.45, 2.75) is 0 Å². The lowest BCUT2D eigenvalue weighted by Gasteiger charge is -1.73. The summed E-state index contributed by atoms with van der Waals surface area (Å²) in [6.45, 7) is 3.40. The van der Waals surface area contributed by atoms with Crippen LogP contribution in [0.5, 0.6) is 0 Å². The van der Waals surface area contributed by atoms with E-state index in [4.69, 9.17) is 0 Å². The van der Waals surface area contributed by atoms with E-state index in [0.717, 1.165) is 6.29 Å². The van der Waals surface area contributed by atoms with Gasteiger partial charge in [-0.2, -0.15) is 0 Å². The summed E-state index contributed by atoms with van der Waals surface area (Å²) < 4.78 is 0. The molecule has 2 heteroatoms. The second-order valence-corrected chi connectivity index (χ2v) is 1.67. The van der Waals surface area contributed by atoms with Crippen LogP contribution in [0, 0.1) is 0 Å². The summed E-state index contributed by atoms with van der Waals surface area (Å²) in [5.74, 6) is 0.531. The van der Waals surface area contributed by atoms with Crippen molar-refractivity contribution in [1.29, 1.82) is 0 Å². The van der Waals surface area contributed by atoms with Crippen LogP contribution in [0.4, 0.5) is 0 Å². The van der Waals surface area contributed by atoms with E-state index in [1.807, 2.05) is 0 Å². The van der Waals surface area contributed by atoms with E-state index >= 15 is 0 Å². The quantitative estimate of drug-likeness (QED) is 0.391. The second kappa shape index (κ2) is 4.76. The zero-order chi connectivity index (χ0) is 4.83. The van der Waals surface area contributed by atoms with Crippen molar-refractivity contribution in [1.82, 2.24) is 0 Å². The van der Waals surface area contributed by atoms with E-state index < -0.39 is 0 Å². The third-order valence-electron chi connectivity index (χ3n) is 0.282. The van der Waals surface area contributed by atoms with Crippen LogP contribution in [-0.2, 0) is 4.79 Å². The van der Waals surface area contributed by atoms with Crippen LogP contribution >= 0.6 is 11.8 Å². The molecule has 0 radical (unpaired) electrons. The van der Waals surface area contributed by atoms with E-state index in [2.05, 4.69) is 6.58 Å². The van der Waals surface area contributed by atoms with Crippen molar-refractivity contribution < 1.29 is 4.79 Å². The minimum Gasteiger partial charge on any atom is -0.302 e. The van der Waals surface area contributed by atoms with Crippen LogP contribution in [-0.4, -0.2) is 12.0 Å². The molecule has 0 amide bonds. The molecule has 0 bridgehead atoms. The fourth-order valence-corrected chi connectivity index (χ4v) is 0.322. The third-order valence-corrected chi connectivity index (χ3v) is 0.846. The van der Waals surface area contributed by atoms with Crippen molar-refractivity contribution in [3.05, 3.63) is 12.0 Å². The van der Waals surface area contributed by atoms with Crippen LogP contribution in [0.15, 0.2) is 12.0 Å². The van der Waals surface area contributed by atoms with Gasteiger partial charge in [0.05, 0.1) is 5.75 Å². The molecule has 0 aromatic rings. The molecule has 0 heterocycles. The van der Waals surface area contributed by atoms with Crippen molar-refractivity contribution in [3.63, 3.8) is 0 Å². The van der Waals surface area contributed by atoms with Gasteiger partial charge in [0, 0.05) is 0 Å². The molecule has 1 nitrogen and oxygen atoms in total. The van der Waals surface area contributed by atoms with Crippen LogP contribution in [0.2, 0.25) is 0 Å². The molecule has 0 atom stereocenters. The smallest absolute Gasteiger partial charge is 0.130 e. The van der Waals surface area contributed by atoms with Gasteiger partial charge in [0.25, 0.3) is 0 Å². The Morgan fingerprint density at radius 3 is 2.67 bits per heavy atom. The predicted molar refractivity (Wildman–Crippen MR) is 28.7 cm³/mol. The summed E-state index contributed by atoms with van der Waals surface area (Å²) in [7, 11) is 0. The van der Waals surface area contributed by atoms with Crippen molar-refractivity contribution >= 4 is 18.0 Å². The SMILES string of the molecule is C=CSCC=O. The first-order valence-corrected chi connectivity index (χ1v) is 2.63. The molecule has 0 saturated carbocycles. The van der Waals surface area contributed by atoms with Crippen molar-refractivity contribution in [2.24, 2.45) is 0 Å². The number of rotatable bonds is 3. The van der Waals surface area contributed by atoms with Gasteiger partial charge < -0.3 is 4.79 Å². The van der Waals surface area contributed by atoms with Crippen LogP contribution in [0.25, 0.3) is 0 Å². The minimum atomic E-state index is 0.531. The Kier molecular flexibility index (Phi) is 4.57. The summed E-state index contributed by atoms with van der Waals surface area (Å²) in [6, 6.07) is 0. The minimum absolute atomic E-state index is 0.531. The number of hydrogen-bond donors (Lipinski definition) is 0. The third kappa shape index (κ3) is 3.76. The summed E-state index contributed by atoms with van der Waals surface area (Å²) in [6.07, 6.45) is 0.854. The van der Waals surface area contributed by atoms with Gasteiger partial charge in [-0.15, -0.1) is 11.8 Å². The average molecular weight is 102 g/mol. The first-order valence-electron chi connectivity index (χ1n) is 1.58. The number of thioether (sulfide) groups is 1. The molecule has 0 N–H and O–H groups in total. The van der Waals surface area contributed by atoms with Gasteiger partial charge in [0.15, 0.2) is 0 Å². The van der Waals surface area contributed by atoms with Gasteiger partial charge in [0.2, 0.25) is 0 Å². The highest BCUT2D eigenvalue weighted by Crippen LogP contribution is 1.93. The van der Waals surface area contributed by atoms with E-state index in [1.54, 1.807) is 5.41 Å². The Bertz CT molecular complexity index is 43.5. The van der Waals surface area contributed by atoms with E-state index in [-0.39, 0.29) is 0 Å². The largest absolute Gasteiger partial charge is 0.302 e.